The van der Waals surface area contributed by atoms with Crippen LogP contribution < -0.4 is 15.4 Å². The number of benzene rings is 1. The molecule has 2 aromatic rings. The minimum absolute atomic E-state index is 0.0293. The van der Waals surface area contributed by atoms with Gasteiger partial charge in [-0.05, 0) is 36.4 Å². The quantitative estimate of drug-likeness (QED) is 0.725. The van der Waals surface area contributed by atoms with Gasteiger partial charge in [-0.3, -0.25) is 10.1 Å². The fraction of sp³-hybridized carbons (Fsp3) is 0.188. The van der Waals surface area contributed by atoms with E-state index in [-0.39, 0.29) is 17.9 Å². The predicted molar refractivity (Wildman–Crippen MR) is 82.4 cm³/mol. The van der Waals surface area contributed by atoms with Gasteiger partial charge in [-0.25, -0.2) is 9.59 Å². The van der Waals surface area contributed by atoms with Crippen LogP contribution in [-0.4, -0.2) is 31.1 Å². The van der Waals surface area contributed by atoms with E-state index < -0.39 is 31.1 Å². The standard InChI is InChI=1S/C16H14F2N2O6/c17-15(18)26-11-5-3-10(4-6-11)14(22)25-9-13(21)20-16(23)19-8-12-2-1-7-24-12/h1-7,15H,8-9H2,(H2,19,20,21,23). The summed E-state index contributed by atoms with van der Waals surface area (Å²) in [6, 6.07) is 7.22. The highest BCUT2D eigenvalue weighted by Crippen LogP contribution is 2.15. The van der Waals surface area contributed by atoms with Gasteiger partial charge in [-0.15, -0.1) is 0 Å². The van der Waals surface area contributed by atoms with Gasteiger partial charge in [0.2, 0.25) is 0 Å². The topological polar surface area (TPSA) is 107 Å². The number of carbonyl (C=O) groups is 3. The first-order chi connectivity index (χ1) is 12.4. The number of urea groups is 1. The van der Waals surface area contributed by atoms with Crippen molar-refractivity contribution in [2.45, 2.75) is 13.2 Å². The first kappa shape index (κ1) is 18.9. The smallest absolute Gasteiger partial charge is 0.387 e. The molecule has 0 saturated carbocycles. The van der Waals surface area contributed by atoms with Gasteiger partial charge >= 0.3 is 18.6 Å². The predicted octanol–water partition coefficient (Wildman–Crippen LogP) is 2.06. The van der Waals surface area contributed by atoms with Gasteiger partial charge in [0.25, 0.3) is 5.91 Å². The second-order valence-electron chi connectivity index (χ2n) is 4.79. The van der Waals surface area contributed by atoms with Gasteiger partial charge < -0.3 is 19.2 Å². The van der Waals surface area contributed by atoms with Gasteiger partial charge in [-0.2, -0.15) is 8.78 Å². The first-order valence-electron chi connectivity index (χ1n) is 7.26. The van der Waals surface area contributed by atoms with Crippen molar-refractivity contribution in [1.29, 1.82) is 0 Å². The summed E-state index contributed by atoms with van der Waals surface area (Å²) in [6.07, 6.45) is 1.44. The Bertz CT molecular complexity index is 747. The summed E-state index contributed by atoms with van der Waals surface area (Å²) in [7, 11) is 0. The van der Waals surface area contributed by atoms with Gasteiger partial charge in [0, 0.05) is 0 Å². The van der Waals surface area contributed by atoms with Crippen molar-refractivity contribution in [1.82, 2.24) is 10.6 Å². The lowest BCUT2D eigenvalue weighted by Gasteiger charge is -2.07. The van der Waals surface area contributed by atoms with Crippen molar-refractivity contribution in [2.24, 2.45) is 0 Å². The number of hydrogen-bond donors (Lipinski definition) is 2. The number of imide groups is 1. The molecule has 0 aliphatic rings. The molecule has 2 rings (SSSR count). The molecule has 0 atom stereocenters. The second-order valence-corrected chi connectivity index (χ2v) is 4.79. The van der Waals surface area contributed by atoms with Crippen LogP contribution in [0.4, 0.5) is 13.6 Å². The number of alkyl halides is 2. The van der Waals surface area contributed by atoms with Gasteiger partial charge in [-0.1, -0.05) is 0 Å². The molecule has 0 fully saturated rings. The van der Waals surface area contributed by atoms with E-state index in [1.54, 1.807) is 12.1 Å². The molecule has 0 bridgehead atoms. The molecule has 0 saturated heterocycles. The van der Waals surface area contributed by atoms with Crippen molar-refractivity contribution in [3.63, 3.8) is 0 Å². The number of ether oxygens (including phenoxy) is 2. The lowest BCUT2D eigenvalue weighted by atomic mass is 10.2. The maximum atomic E-state index is 12.0. The van der Waals surface area contributed by atoms with E-state index in [9.17, 15) is 23.2 Å². The third-order valence-corrected chi connectivity index (χ3v) is 2.91. The molecule has 0 spiro atoms. The second kappa shape index (κ2) is 9.16. The molecule has 0 unspecified atom stereocenters. The Morgan fingerprint density at radius 1 is 1.12 bits per heavy atom. The van der Waals surface area contributed by atoms with E-state index in [0.717, 1.165) is 12.1 Å². The molecule has 3 amide bonds. The Kier molecular flexibility index (Phi) is 6.66. The van der Waals surface area contributed by atoms with Crippen molar-refractivity contribution < 1.29 is 37.1 Å². The lowest BCUT2D eigenvalue weighted by Crippen LogP contribution is -2.41. The third-order valence-electron chi connectivity index (χ3n) is 2.91. The maximum absolute atomic E-state index is 12.0. The molecule has 10 heteroatoms. The molecular formula is C16H14F2N2O6. The number of hydrogen-bond acceptors (Lipinski definition) is 6. The maximum Gasteiger partial charge on any atom is 0.387 e. The van der Waals surface area contributed by atoms with Crippen LogP contribution in [0, 0.1) is 0 Å². The molecular weight excluding hydrogens is 354 g/mol. The van der Waals surface area contributed by atoms with E-state index in [2.05, 4.69) is 10.1 Å². The van der Waals surface area contributed by atoms with Crippen LogP contribution in [-0.2, 0) is 16.1 Å². The minimum atomic E-state index is -2.98. The molecule has 138 valence electrons. The lowest BCUT2D eigenvalue weighted by molar-refractivity contribution is -0.123. The molecule has 0 aliphatic carbocycles. The van der Waals surface area contributed by atoms with Crippen molar-refractivity contribution in [3.8, 4) is 5.75 Å². The molecule has 1 aromatic carbocycles. The monoisotopic (exact) mass is 368 g/mol. The first-order valence-corrected chi connectivity index (χ1v) is 7.26. The summed E-state index contributed by atoms with van der Waals surface area (Å²) < 4.78 is 37.9. The molecule has 1 heterocycles. The summed E-state index contributed by atoms with van der Waals surface area (Å²) in [5.41, 5.74) is 0.0293. The Hall–Kier alpha value is -3.43. The number of furan rings is 1. The number of esters is 1. The molecule has 0 aliphatic heterocycles. The Labute approximate surface area is 146 Å². The fourth-order valence-electron chi connectivity index (χ4n) is 1.77. The van der Waals surface area contributed by atoms with Crippen LogP contribution in [0.25, 0.3) is 0 Å². The summed E-state index contributed by atoms with van der Waals surface area (Å²) in [5, 5.41) is 4.35. The number of halogens is 2. The van der Waals surface area contributed by atoms with E-state index in [0.29, 0.717) is 5.76 Å². The number of rotatable bonds is 7. The van der Waals surface area contributed by atoms with Crippen molar-refractivity contribution >= 4 is 17.9 Å². The van der Waals surface area contributed by atoms with Crippen LogP contribution in [0.2, 0.25) is 0 Å². The van der Waals surface area contributed by atoms with Crippen molar-refractivity contribution in [3.05, 3.63) is 54.0 Å². The summed E-state index contributed by atoms with van der Waals surface area (Å²) in [6.45, 7) is -3.59. The average molecular weight is 368 g/mol. The van der Waals surface area contributed by atoms with Crippen LogP contribution in [0.15, 0.2) is 47.1 Å². The fourth-order valence-corrected chi connectivity index (χ4v) is 1.77. The highest BCUT2D eigenvalue weighted by atomic mass is 19.3. The van der Waals surface area contributed by atoms with E-state index in [4.69, 9.17) is 9.15 Å². The molecule has 1 aromatic heterocycles. The molecule has 8 nitrogen and oxygen atoms in total. The molecule has 26 heavy (non-hydrogen) atoms. The van der Waals surface area contributed by atoms with Crippen LogP contribution in [0.3, 0.4) is 0 Å². The Balaban J connectivity index is 1.72. The van der Waals surface area contributed by atoms with E-state index >= 15 is 0 Å². The zero-order valence-corrected chi connectivity index (χ0v) is 13.2. The van der Waals surface area contributed by atoms with Crippen LogP contribution >= 0.6 is 0 Å². The highest BCUT2D eigenvalue weighted by molar-refractivity contribution is 5.97. The summed E-state index contributed by atoms with van der Waals surface area (Å²) in [5.74, 6) is -1.33. The van der Waals surface area contributed by atoms with E-state index in [1.165, 1.54) is 18.4 Å². The van der Waals surface area contributed by atoms with Crippen LogP contribution in [0.1, 0.15) is 16.1 Å². The van der Waals surface area contributed by atoms with Crippen molar-refractivity contribution in [2.75, 3.05) is 6.61 Å². The SMILES string of the molecule is O=C(COC(=O)c1ccc(OC(F)F)cc1)NC(=O)NCc1ccco1. The highest BCUT2D eigenvalue weighted by Gasteiger charge is 2.13. The van der Waals surface area contributed by atoms with E-state index in [1.807, 2.05) is 5.32 Å². The van der Waals surface area contributed by atoms with Crippen LogP contribution in [0.5, 0.6) is 5.75 Å². The Morgan fingerprint density at radius 3 is 2.46 bits per heavy atom. The zero-order chi connectivity index (χ0) is 18.9. The zero-order valence-electron chi connectivity index (χ0n) is 13.2. The number of nitrogens with one attached hydrogen (secondary N) is 2. The minimum Gasteiger partial charge on any atom is -0.467 e. The molecule has 2 N–H and O–H groups in total. The number of carbonyl (C=O) groups excluding carboxylic acids is 3. The molecule has 0 radical (unpaired) electrons. The van der Waals surface area contributed by atoms with Gasteiger partial charge in [0.15, 0.2) is 6.61 Å². The number of amides is 3. The average Bonchev–Trinajstić information content (AvgIpc) is 3.11. The summed E-state index contributed by atoms with van der Waals surface area (Å²) in [4.78, 5) is 34.8. The largest absolute Gasteiger partial charge is 0.467 e. The summed E-state index contributed by atoms with van der Waals surface area (Å²) >= 11 is 0. The van der Waals surface area contributed by atoms with Gasteiger partial charge in [0.1, 0.15) is 11.5 Å². The third kappa shape index (κ3) is 6.23. The van der Waals surface area contributed by atoms with Gasteiger partial charge in [0.05, 0.1) is 18.4 Å². The normalized spacial score (nSPS) is 10.3. The Morgan fingerprint density at radius 2 is 1.85 bits per heavy atom.